The lowest BCUT2D eigenvalue weighted by Crippen LogP contribution is -2.39. The van der Waals surface area contributed by atoms with Crippen molar-refractivity contribution in [3.63, 3.8) is 0 Å². The Labute approximate surface area is 96.3 Å². The first-order valence-corrected chi connectivity index (χ1v) is 5.71. The molecule has 1 unspecified atom stereocenters. The van der Waals surface area contributed by atoms with E-state index in [0.29, 0.717) is 25.4 Å². The van der Waals surface area contributed by atoms with Gasteiger partial charge >= 0.3 is 5.97 Å². The van der Waals surface area contributed by atoms with Crippen LogP contribution in [0.3, 0.4) is 0 Å². The van der Waals surface area contributed by atoms with Crippen molar-refractivity contribution in [2.45, 2.75) is 20.3 Å². The van der Waals surface area contributed by atoms with E-state index in [-0.39, 0.29) is 11.9 Å². The van der Waals surface area contributed by atoms with E-state index in [9.17, 15) is 9.59 Å². The highest BCUT2D eigenvalue weighted by atomic mass is 16.5. The number of carbonyl (C=O) groups excluding carboxylic acids is 2. The van der Waals surface area contributed by atoms with Gasteiger partial charge in [0.2, 0.25) is 0 Å². The molecule has 4 nitrogen and oxygen atoms in total. The topological polar surface area (TPSA) is 46.6 Å². The lowest BCUT2D eigenvalue weighted by Gasteiger charge is -2.28. The Morgan fingerprint density at radius 2 is 2.38 bits per heavy atom. The van der Waals surface area contributed by atoms with Gasteiger partial charge in [-0.05, 0) is 6.92 Å². The van der Waals surface area contributed by atoms with Crippen molar-refractivity contribution in [2.75, 3.05) is 26.2 Å². The molecule has 1 atom stereocenters. The molecule has 0 bridgehead atoms. The number of nitrogens with zero attached hydrogens (tertiary/aromatic N) is 1. The second-order valence-corrected chi connectivity index (χ2v) is 4.03. The average molecular weight is 225 g/mol. The number of hydrogen-bond acceptors (Lipinski definition) is 4. The van der Waals surface area contributed by atoms with Crippen LogP contribution in [0.1, 0.15) is 20.3 Å². The third kappa shape index (κ3) is 4.14. The van der Waals surface area contributed by atoms with E-state index in [4.69, 9.17) is 4.74 Å². The van der Waals surface area contributed by atoms with Gasteiger partial charge in [0.1, 0.15) is 5.78 Å². The highest BCUT2D eigenvalue weighted by molar-refractivity contribution is 5.82. The van der Waals surface area contributed by atoms with Gasteiger partial charge in [0.15, 0.2) is 0 Å². The number of carbonyl (C=O) groups is 2. The maximum Gasteiger partial charge on any atom is 0.330 e. The summed E-state index contributed by atoms with van der Waals surface area (Å²) in [5.74, 6) is 0.152. The number of likely N-dealkylation sites (tertiary alicyclic amines) is 1. The van der Waals surface area contributed by atoms with E-state index in [1.54, 1.807) is 13.0 Å². The van der Waals surface area contributed by atoms with Crippen molar-refractivity contribution in [1.82, 2.24) is 4.90 Å². The average Bonchev–Trinajstić information content (AvgIpc) is 2.24. The standard InChI is InChI=1S/C12H19NO3/c1-3-16-12(15)5-4-7-13-8-6-11(14)10(2)9-13/h4-5,10H,3,6-9H2,1-2H3/b5-4+. The summed E-state index contributed by atoms with van der Waals surface area (Å²) in [4.78, 5) is 24.5. The van der Waals surface area contributed by atoms with Gasteiger partial charge in [-0.15, -0.1) is 0 Å². The zero-order valence-electron chi connectivity index (χ0n) is 9.94. The van der Waals surface area contributed by atoms with Crippen LogP contribution in [0.25, 0.3) is 0 Å². The van der Waals surface area contributed by atoms with Gasteiger partial charge in [-0.3, -0.25) is 9.69 Å². The van der Waals surface area contributed by atoms with Crippen molar-refractivity contribution in [2.24, 2.45) is 5.92 Å². The zero-order chi connectivity index (χ0) is 12.0. The van der Waals surface area contributed by atoms with E-state index in [2.05, 4.69) is 4.90 Å². The van der Waals surface area contributed by atoms with Crippen LogP contribution in [-0.2, 0) is 14.3 Å². The van der Waals surface area contributed by atoms with Crippen LogP contribution in [0.2, 0.25) is 0 Å². The Morgan fingerprint density at radius 1 is 1.62 bits per heavy atom. The predicted octanol–water partition coefficient (Wildman–Crippen LogP) is 1.02. The number of piperidine rings is 1. The van der Waals surface area contributed by atoms with E-state index >= 15 is 0 Å². The van der Waals surface area contributed by atoms with Crippen LogP contribution in [0.15, 0.2) is 12.2 Å². The summed E-state index contributed by atoms with van der Waals surface area (Å²) < 4.78 is 4.77. The quantitative estimate of drug-likeness (QED) is 0.529. The molecule has 1 heterocycles. The van der Waals surface area contributed by atoms with E-state index in [0.717, 1.165) is 13.1 Å². The minimum atomic E-state index is -0.302. The molecule has 0 aromatic carbocycles. The second kappa shape index (κ2) is 6.43. The first kappa shape index (κ1) is 12.9. The Kier molecular flexibility index (Phi) is 5.19. The molecule has 4 heteroatoms. The summed E-state index contributed by atoms with van der Waals surface area (Å²) in [6, 6.07) is 0. The first-order valence-electron chi connectivity index (χ1n) is 5.71. The van der Waals surface area contributed by atoms with Crippen LogP contribution >= 0.6 is 0 Å². The molecule has 1 aliphatic heterocycles. The van der Waals surface area contributed by atoms with E-state index in [1.165, 1.54) is 6.08 Å². The molecule has 0 saturated carbocycles. The highest BCUT2D eigenvalue weighted by Gasteiger charge is 2.22. The maximum atomic E-state index is 11.3. The van der Waals surface area contributed by atoms with Gasteiger partial charge in [0, 0.05) is 38.0 Å². The molecule has 0 spiro atoms. The Hall–Kier alpha value is -1.16. The molecule has 0 N–H and O–H groups in total. The number of esters is 1. The van der Waals surface area contributed by atoms with Crippen LogP contribution < -0.4 is 0 Å². The lowest BCUT2D eigenvalue weighted by molar-refractivity contribution is -0.137. The number of Topliss-reactive ketones (excluding diaryl/α,β-unsaturated/α-hetero) is 1. The van der Waals surface area contributed by atoms with Gasteiger partial charge in [-0.2, -0.15) is 0 Å². The smallest absolute Gasteiger partial charge is 0.330 e. The predicted molar refractivity (Wildman–Crippen MR) is 61.0 cm³/mol. The molecular formula is C12H19NO3. The normalized spacial score (nSPS) is 22.6. The number of ketones is 1. The molecule has 1 rings (SSSR count). The molecule has 0 aromatic rings. The Balaban J connectivity index is 2.28. The molecule has 0 radical (unpaired) electrons. The van der Waals surface area contributed by atoms with Crippen LogP contribution in [0.4, 0.5) is 0 Å². The largest absolute Gasteiger partial charge is 0.463 e. The van der Waals surface area contributed by atoms with Gasteiger partial charge < -0.3 is 4.74 Å². The summed E-state index contributed by atoms with van der Waals surface area (Å²) in [7, 11) is 0. The first-order chi connectivity index (χ1) is 7.63. The Bertz CT molecular complexity index is 286. The zero-order valence-corrected chi connectivity index (χ0v) is 9.94. The number of rotatable bonds is 4. The highest BCUT2D eigenvalue weighted by Crippen LogP contribution is 2.11. The van der Waals surface area contributed by atoms with Crippen molar-refractivity contribution >= 4 is 11.8 Å². The lowest BCUT2D eigenvalue weighted by atomic mass is 9.99. The van der Waals surface area contributed by atoms with Crippen LogP contribution in [-0.4, -0.2) is 42.9 Å². The third-order valence-electron chi connectivity index (χ3n) is 2.66. The summed E-state index contributed by atoms with van der Waals surface area (Å²) in [6.07, 6.45) is 3.86. The molecule has 0 amide bonds. The van der Waals surface area contributed by atoms with Crippen molar-refractivity contribution in [3.05, 3.63) is 12.2 Å². The Morgan fingerprint density at radius 3 is 3.00 bits per heavy atom. The minimum Gasteiger partial charge on any atom is -0.463 e. The molecule has 0 aromatic heterocycles. The van der Waals surface area contributed by atoms with Crippen molar-refractivity contribution < 1.29 is 14.3 Å². The fourth-order valence-electron chi connectivity index (χ4n) is 1.75. The minimum absolute atomic E-state index is 0.116. The molecule has 90 valence electrons. The number of ether oxygens (including phenoxy) is 1. The summed E-state index contributed by atoms with van der Waals surface area (Å²) >= 11 is 0. The third-order valence-corrected chi connectivity index (χ3v) is 2.66. The molecule has 1 fully saturated rings. The summed E-state index contributed by atoms with van der Waals surface area (Å²) in [5, 5.41) is 0. The SMILES string of the molecule is CCOC(=O)/C=C/CN1CCC(=O)C(C)C1. The van der Waals surface area contributed by atoms with Crippen LogP contribution in [0, 0.1) is 5.92 Å². The molecule has 1 saturated heterocycles. The van der Waals surface area contributed by atoms with E-state index in [1.807, 2.05) is 6.92 Å². The van der Waals surface area contributed by atoms with Gasteiger partial charge in [0.25, 0.3) is 0 Å². The van der Waals surface area contributed by atoms with Gasteiger partial charge in [-0.25, -0.2) is 4.79 Å². The number of hydrogen-bond donors (Lipinski definition) is 0. The van der Waals surface area contributed by atoms with Crippen LogP contribution in [0.5, 0.6) is 0 Å². The molecule has 16 heavy (non-hydrogen) atoms. The van der Waals surface area contributed by atoms with Crippen molar-refractivity contribution in [3.8, 4) is 0 Å². The summed E-state index contributed by atoms with van der Waals surface area (Å²) in [5.41, 5.74) is 0. The van der Waals surface area contributed by atoms with Gasteiger partial charge in [0.05, 0.1) is 6.61 Å². The van der Waals surface area contributed by atoms with Crippen molar-refractivity contribution in [1.29, 1.82) is 0 Å². The maximum absolute atomic E-state index is 11.3. The molecular weight excluding hydrogens is 206 g/mol. The fraction of sp³-hybridized carbons (Fsp3) is 0.667. The monoisotopic (exact) mass is 225 g/mol. The molecule has 0 aliphatic carbocycles. The van der Waals surface area contributed by atoms with Gasteiger partial charge in [-0.1, -0.05) is 13.0 Å². The summed E-state index contributed by atoms with van der Waals surface area (Å²) in [6.45, 7) is 6.41. The fourth-order valence-corrected chi connectivity index (χ4v) is 1.75. The molecule has 1 aliphatic rings. The van der Waals surface area contributed by atoms with E-state index < -0.39 is 0 Å². The second-order valence-electron chi connectivity index (χ2n) is 4.03.